The van der Waals surface area contributed by atoms with Gasteiger partial charge in [-0.3, -0.25) is 4.79 Å². The Balaban J connectivity index is 2.13. The van der Waals surface area contributed by atoms with E-state index < -0.39 is 22.9 Å². The SMILES string of the molecule is COC(=O)C1(C2(O)CCC(F)(F)CC2)CC1. The third-order valence-electron chi connectivity index (χ3n) is 4.03. The first-order valence-corrected chi connectivity index (χ1v) is 5.54. The number of methoxy groups -OCH3 is 1. The number of carbonyl (C=O) groups excluding carboxylic acids is 1. The van der Waals surface area contributed by atoms with Crippen LogP contribution in [0.4, 0.5) is 8.78 Å². The summed E-state index contributed by atoms with van der Waals surface area (Å²) >= 11 is 0. The maximum atomic E-state index is 13.0. The van der Waals surface area contributed by atoms with E-state index in [4.69, 9.17) is 0 Å². The van der Waals surface area contributed by atoms with Crippen molar-refractivity contribution >= 4 is 5.97 Å². The molecule has 1 N–H and O–H groups in total. The molecule has 0 unspecified atom stereocenters. The highest BCUT2D eigenvalue weighted by molar-refractivity contribution is 5.81. The zero-order valence-electron chi connectivity index (χ0n) is 9.26. The zero-order valence-corrected chi connectivity index (χ0v) is 9.26. The molecule has 2 saturated carbocycles. The van der Waals surface area contributed by atoms with Crippen molar-refractivity contribution in [2.45, 2.75) is 50.0 Å². The first-order valence-electron chi connectivity index (χ1n) is 5.54. The molecular weight excluding hydrogens is 218 g/mol. The molecule has 0 amide bonds. The predicted molar refractivity (Wildman–Crippen MR) is 52.0 cm³/mol. The van der Waals surface area contributed by atoms with Gasteiger partial charge in [-0.05, 0) is 25.7 Å². The minimum absolute atomic E-state index is 0.0187. The Labute approximate surface area is 92.8 Å². The number of halogens is 2. The Morgan fingerprint density at radius 3 is 2.00 bits per heavy atom. The van der Waals surface area contributed by atoms with Gasteiger partial charge in [-0.25, -0.2) is 8.78 Å². The van der Waals surface area contributed by atoms with Crippen LogP contribution >= 0.6 is 0 Å². The molecule has 5 heteroatoms. The Bertz CT molecular complexity index is 300. The van der Waals surface area contributed by atoms with Crippen LogP contribution in [0, 0.1) is 5.41 Å². The highest BCUT2D eigenvalue weighted by Crippen LogP contribution is 2.60. The van der Waals surface area contributed by atoms with Crippen molar-refractivity contribution in [2.24, 2.45) is 5.41 Å². The highest BCUT2D eigenvalue weighted by Gasteiger charge is 2.66. The molecule has 2 aliphatic rings. The van der Waals surface area contributed by atoms with E-state index in [1.54, 1.807) is 0 Å². The van der Waals surface area contributed by atoms with E-state index >= 15 is 0 Å². The number of hydrogen-bond acceptors (Lipinski definition) is 3. The fourth-order valence-electron chi connectivity index (χ4n) is 2.69. The topological polar surface area (TPSA) is 46.5 Å². The fraction of sp³-hybridized carbons (Fsp3) is 0.909. The van der Waals surface area contributed by atoms with Crippen LogP contribution < -0.4 is 0 Å². The molecule has 0 aromatic rings. The third-order valence-corrected chi connectivity index (χ3v) is 4.03. The monoisotopic (exact) mass is 234 g/mol. The summed E-state index contributed by atoms with van der Waals surface area (Å²) in [5.41, 5.74) is -2.19. The van der Waals surface area contributed by atoms with Gasteiger partial charge in [-0.1, -0.05) is 0 Å². The average molecular weight is 234 g/mol. The number of ether oxygens (including phenoxy) is 1. The van der Waals surface area contributed by atoms with Crippen LogP contribution in [0.3, 0.4) is 0 Å². The summed E-state index contributed by atoms with van der Waals surface area (Å²) < 4.78 is 30.7. The second-order valence-corrected chi connectivity index (χ2v) is 4.96. The molecule has 0 spiro atoms. The molecule has 2 aliphatic carbocycles. The minimum Gasteiger partial charge on any atom is -0.469 e. The molecular formula is C11H16F2O3. The molecule has 0 atom stereocenters. The van der Waals surface area contributed by atoms with Gasteiger partial charge in [0.25, 0.3) is 0 Å². The molecule has 92 valence electrons. The smallest absolute Gasteiger partial charge is 0.314 e. The van der Waals surface area contributed by atoms with Gasteiger partial charge in [-0.2, -0.15) is 0 Å². The van der Waals surface area contributed by atoms with E-state index in [0.717, 1.165) is 0 Å². The van der Waals surface area contributed by atoms with E-state index in [0.29, 0.717) is 12.8 Å². The molecule has 16 heavy (non-hydrogen) atoms. The lowest BCUT2D eigenvalue weighted by Gasteiger charge is -2.40. The van der Waals surface area contributed by atoms with Gasteiger partial charge in [0.2, 0.25) is 5.92 Å². The van der Waals surface area contributed by atoms with Crippen LogP contribution in [0.5, 0.6) is 0 Å². The number of carbonyl (C=O) groups is 1. The third kappa shape index (κ3) is 1.61. The van der Waals surface area contributed by atoms with Gasteiger partial charge in [-0.15, -0.1) is 0 Å². The molecule has 2 fully saturated rings. The van der Waals surface area contributed by atoms with Crippen LogP contribution in [0.2, 0.25) is 0 Å². The van der Waals surface area contributed by atoms with Crippen molar-refractivity contribution in [2.75, 3.05) is 7.11 Å². The summed E-state index contributed by atoms with van der Waals surface area (Å²) in [5, 5.41) is 10.4. The van der Waals surface area contributed by atoms with Gasteiger partial charge in [0.15, 0.2) is 0 Å². The van der Waals surface area contributed by atoms with Crippen LogP contribution in [0.15, 0.2) is 0 Å². The Kier molecular flexibility index (Phi) is 2.49. The van der Waals surface area contributed by atoms with Crippen LogP contribution in [0.25, 0.3) is 0 Å². The molecule has 0 radical (unpaired) electrons. The molecule has 0 aliphatic heterocycles. The van der Waals surface area contributed by atoms with Crippen LogP contribution in [0.1, 0.15) is 38.5 Å². The number of rotatable bonds is 2. The largest absolute Gasteiger partial charge is 0.469 e. The Hall–Kier alpha value is -0.710. The summed E-state index contributed by atoms with van der Waals surface area (Å²) in [6.07, 6.45) is 0.359. The molecule has 0 saturated heterocycles. The fourth-order valence-corrected chi connectivity index (χ4v) is 2.69. The number of aliphatic hydroxyl groups is 1. The molecule has 0 aromatic heterocycles. The van der Waals surface area contributed by atoms with E-state index in [1.165, 1.54) is 7.11 Å². The maximum absolute atomic E-state index is 13.0. The number of hydrogen-bond donors (Lipinski definition) is 1. The lowest BCUT2D eigenvalue weighted by Crippen LogP contribution is -2.49. The summed E-state index contributed by atoms with van der Waals surface area (Å²) in [7, 11) is 1.27. The van der Waals surface area contributed by atoms with Gasteiger partial charge < -0.3 is 9.84 Å². The van der Waals surface area contributed by atoms with E-state index in [-0.39, 0.29) is 25.7 Å². The van der Waals surface area contributed by atoms with Crippen molar-refractivity contribution in [3.05, 3.63) is 0 Å². The van der Waals surface area contributed by atoms with Gasteiger partial charge >= 0.3 is 5.97 Å². The molecule has 0 heterocycles. The predicted octanol–water partition coefficient (Wildman–Crippen LogP) is 1.88. The summed E-state index contributed by atoms with van der Waals surface area (Å²) in [4.78, 5) is 11.6. The summed E-state index contributed by atoms with van der Waals surface area (Å²) in [6, 6.07) is 0. The summed E-state index contributed by atoms with van der Waals surface area (Å²) in [5.74, 6) is -3.15. The van der Waals surface area contributed by atoms with Crippen molar-refractivity contribution in [1.29, 1.82) is 0 Å². The van der Waals surface area contributed by atoms with Crippen molar-refractivity contribution in [3.63, 3.8) is 0 Å². The second kappa shape index (κ2) is 3.39. The standard InChI is InChI=1S/C11H16F2O3/c1-16-8(14)9(2-3-9)10(15)4-6-11(12,13)7-5-10/h15H,2-7H2,1H3. The molecule has 0 bridgehead atoms. The Morgan fingerprint density at radius 1 is 1.12 bits per heavy atom. The van der Waals surface area contributed by atoms with Crippen molar-refractivity contribution in [1.82, 2.24) is 0 Å². The first kappa shape index (κ1) is 11.8. The van der Waals surface area contributed by atoms with Gasteiger partial charge in [0.1, 0.15) is 0 Å². The van der Waals surface area contributed by atoms with Crippen molar-refractivity contribution in [3.8, 4) is 0 Å². The number of alkyl halides is 2. The van der Waals surface area contributed by atoms with Crippen molar-refractivity contribution < 1.29 is 23.4 Å². The van der Waals surface area contributed by atoms with Gasteiger partial charge in [0, 0.05) is 12.8 Å². The van der Waals surface area contributed by atoms with E-state index in [9.17, 15) is 18.7 Å². The average Bonchev–Trinajstić information content (AvgIpc) is 3.03. The highest BCUT2D eigenvalue weighted by atomic mass is 19.3. The van der Waals surface area contributed by atoms with Gasteiger partial charge in [0.05, 0.1) is 18.1 Å². The zero-order chi connectivity index (χ0) is 12.0. The summed E-state index contributed by atoms with van der Waals surface area (Å²) in [6.45, 7) is 0. The normalized spacial score (nSPS) is 29.5. The second-order valence-electron chi connectivity index (χ2n) is 4.96. The van der Waals surface area contributed by atoms with E-state index in [1.807, 2.05) is 0 Å². The van der Waals surface area contributed by atoms with Crippen LogP contribution in [-0.2, 0) is 9.53 Å². The molecule has 3 nitrogen and oxygen atoms in total. The minimum atomic E-state index is -2.70. The lowest BCUT2D eigenvalue weighted by atomic mass is 9.72. The first-order chi connectivity index (χ1) is 7.35. The van der Waals surface area contributed by atoms with E-state index in [2.05, 4.69) is 4.74 Å². The molecule has 0 aromatic carbocycles. The number of esters is 1. The lowest BCUT2D eigenvalue weighted by molar-refractivity contribution is -0.173. The Morgan fingerprint density at radius 2 is 1.62 bits per heavy atom. The maximum Gasteiger partial charge on any atom is 0.314 e. The molecule has 2 rings (SSSR count). The quantitative estimate of drug-likeness (QED) is 0.742. The van der Waals surface area contributed by atoms with Crippen LogP contribution in [-0.4, -0.2) is 29.7 Å².